The molecule has 2 aromatic rings. The Morgan fingerprint density at radius 2 is 1.69 bits per heavy atom. The topological polar surface area (TPSA) is 49.9 Å². The number of carbonyl (C=O) groups excluding carboxylic acids is 2. The van der Waals surface area contributed by atoms with E-state index in [0.717, 1.165) is 50.9 Å². The Kier molecular flexibility index (Phi) is 7.40. The van der Waals surface area contributed by atoms with Gasteiger partial charge in [0.2, 0.25) is 5.91 Å². The van der Waals surface area contributed by atoms with Crippen molar-refractivity contribution in [2.45, 2.75) is 38.5 Å². The summed E-state index contributed by atoms with van der Waals surface area (Å²) in [5, 5.41) is 0. The minimum absolute atomic E-state index is 0.0652. The van der Waals surface area contributed by atoms with Crippen molar-refractivity contribution in [3.63, 3.8) is 0 Å². The molecule has 0 spiro atoms. The first-order chi connectivity index (χ1) is 15.6. The Bertz CT molecular complexity index is 925. The van der Waals surface area contributed by atoms with Crippen LogP contribution in [0.25, 0.3) is 0 Å². The lowest BCUT2D eigenvalue weighted by molar-refractivity contribution is -0.132. The highest BCUT2D eigenvalue weighted by Crippen LogP contribution is 2.22. The van der Waals surface area contributed by atoms with Crippen LogP contribution in [0.15, 0.2) is 48.5 Å². The molecule has 0 N–H and O–H groups in total. The van der Waals surface area contributed by atoms with Crippen LogP contribution in [0.1, 0.15) is 48.0 Å². The summed E-state index contributed by atoms with van der Waals surface area (Å²) in [4.78, 5) is 29.3. The minimum atomic E-state index is -0.293. The molecule has 2 heterocycles. The van der Waals surface area contributed by atoms with E-state index in [4.69, 9.17) is 4.74 Å². The Morgan fingerprint density at radius 1 is 0.938 bits per heavy atom. The number of ether oxygens (including phenoxy) is 1. The lowest BCUT2D eigenvalue weighted by atomic mass is 9.98. The van der Waals surface area contributed by atoms with Gasteiger partial charge in [-0.3, -0.25) is 9.59 Å². The van der Waals surface area contributed by atoms with Crippen LogP contribution < -0.4 is 4.74 Å². The first-order valence-corrected chi connectivity index (χ1v) is 11.6. The quantitative estimate of drug-likeness (QED) is 0.675. The summed E-state index contributed by atoms with van der Waals surface area (Å²) in [6.45, 7) is 3.58. The molecule has 1 unspecified atom stereocenters. The molecule has 170 valence electrons. The molecule has 6 heteroatoms. The van der Waals surface area contributed by atoms with Crippen molar-refractivity contribution in [3.05, 3.63) is 65.5 Å². The maximum atomic E-state index is 13.1. The molecule has 5 nitrogen and oxygen atoms in total. The third kappa shape index (κ3) is 5.87. The molecule has 0 saturated carbocycles. The second kappa shape index (κ2) is 10.6. The molecule has 2 fully saturated rings. The van der Waals surface area contributed by atoms with Gasteiger partial charge in [0, 0.05) is 37.7 Å². The van der Waals surface area contributed by atoms with E-state index in [-0.39, 0.29) is 30.0 Å². The van der Waals surface area contributed by atoms with E-state index in [2.05, 4.69) is 0 Å². The molecule has 0 radical (unpaired) electrons. The third-order valence-electron chi connectivity index (χ3n) is 6.35. The highest BCUT2D eigenvalue weighted by molar-refractivity contribution is 5.94. The lowest BCUT2D eigenvalue weighted by Gasteiger charge is -2.33. The fraction of sp³-hybridized carbons (Fsp3) is 0.462. The fourth-order valence-corrected chi connectivity index (χ4v) is 4.53. The predicted octanol–water partition coefficient (Wildman–Crippen LogP) is 4.31. The van der Waals surface area contributed by atoms with Gasteiger partial charge in [-0.05, 0) is 68.0 Å². The predicted molar refractivity (Wildman–Crippen MR) is 121 cm³/mol. The van der Waals surface area contributed by atoms with Crippen molar-refractivity contribution in [2.75, 3.05) is 32.8 Å². The monoisotopic (exact) mass is 438 g/mol. The van der Waals surface area contributed by atoms with Crippen LogP contribution in [0.2, 0.25) is 0 Å². The number of likely N-dealkylation sites (tertiary alicyclic amines) is 2. The van der Waals surface area contributed by atoms with Gasteiger partial charge in [-0.1, -0.05) is 18.2 Å². The lowest BCUT2D eigenvalue weighted by Crippen LogP contribution is -2.42. The van der Waals surface area contributed by atoms with E-state index in [1.165, 1.54) is 18.6 Å². The Morgan fingerprint density at radius 3 is 2.47 bits per heavy atom. The second-order valence-electron chi connectivity index (χ2n) is 8.84. The summed E-state index contributed by atoms with van der Waals surface area (Å²) in [5.41, 5.74) is 1.49. The SMILES string of the molecule is O=C(Cc1ccc(F)cc1)N1CCCC(COc2cccc(C(=O)N3CCCCC3)c2)C1. The van der Waals surface area contributed by atoms with Gasteiger partial charge in [-0.2, -0.15) is 0 Å². The number of nitrogens with zero attached hydrogens (tertiary/aromatic N) is 2. The van der Waals surface area contributed by atoms with Crippen LogP contribution in [0, 0.1) is 11.7 Å². The first kappa shape index (κ1) is 22.3. The molecule has 1 atom stereocenters. The molecule has 2 saturated heterocycles. The van der Waals surface area contributed by atoms with E-state index < -0.39 is 0 Å². The molecule has 2 aromatic carbocycles. The zero-order valence-corrected chi connectivity index (χ0v) is 18.5. The van der Waals surface area contributed by atoms with Crippen LogP contribution in [-0.2, 0) is 11.2 Å². The summed E-state index contributed by atoms with van der Waals surface area (Å²) < 4.78 is 19.1. The van der Waals surface area contributed by atoms with Gasteiger partial charge in [0.05, 0.1) is 13.0 Å². The number of hydrogen-bond acceptors (Lipinski definition) is 3. The average Bonchev–Trinajstić information content (AvgIpc) is 2.84. The Balaban J connectivity index is 1.29. The molecule has 0 aliphatic carbocycles. The average molecular weight is 439 g/mol. The second-order valence-corrected chi connectivity index (χ2v) is 8.84. The third-order valence-corrected chi connectivity index (χ3v) is 6.35. The van der Waals surface area contributed by atoms with Gasteiger partial charge in [0.1, 0.15) is 11.6 Å². The molecule has 2 aliphatic heterocycles. The van der Waals surface area contributed by atoms with Crippen molar-refractivity contribution >= 4 is 11.8 Å². The number of benzene rings is 2. The number of amides is 2. The van der Waals surface area contributed by atoms with E-state index >= 15 is 0 Å². The van der Waals surface area contributed by atoms with E-state index in [1.807, 2.05) is 34.1 Å². The Labute approximate surface area is 189 Å². The number of piperidine rings is 2. The molecule has 2 aliphatic rings. The largest absolute Gasteiger partial charge is 0.493 e. The summed E-state index contributed by atoms with van der Waals surface area (Å²) >= 11 is 0. The zero-order chi connectivity index (χ0) is 22.3. The van der Waals surface area contributed by atoms with E-state index in [1.54, 1.807) is 12.1 Å². The number of carbonyl (C=O) groups is 2. The Hall–Kier alpha value is -2.89. The smallest absolute Gasteiger partial charge is 0.253 e. The van der Waals surface area contributed by atoms with Gasteiger partial charge in [-0.15, -0.1) is 0 Å². The van der Waals surface area contributed by atoms with Crippen molar-refractivity contribution in [2.24, 2.45) is 5.92 Å². The number of hydrogen-bond donors (Lipinski definition) is 0. The molecular weight excluding hydrogens is 407 g/mol. The van der Waals surface area contributed by atoms with Crippen molar-refractivity contribution in [1.29, 1.82) is 0 Å². The van der Waals surface area contributed by atoms with Crippen molar-refractivity contribution < 1.29 is 18.7 Å². The van der Waals surface area contributed by atoms with Crippen LogP contribution in [0.5, 0.6) is 5.75 Å². The molecule has 4 rings (SSSR count). The van der Waals surface area contributed by atoms with Gasteiger partial charge >= 0.3 is 0 Å². The van der Waals surface area contributed by atoms with Gasteiger partial charge < -0.3 is 14.5 Å². The van der Waals surface area contributed by atoms with Crippen molar-refractivity contribution in [1.82, 2.24) is 9.80 Å². The van der Waals surface area contributed by atoms with Crippen LogP contribution >= 0.6 is 0 Å². The van der Waals surface area contributed by atoms with Crippen molar-refractivity contribution in [3.8, 4) is 5.75 Å². The standard InChI is InChI=1S/C26H31FN2O3/c27-23-11-9-20(10-12-23)16-25(30)29-15-5-6-21(18-29)19-32-24-8-4-7-22(17-24)26(31)28-13-2-1-3-14-28/h4,7-12,17,21H,1-3,5-6,13-16,18-19H2. The summed E-state index contributed by atoms with van der Waals surface area (Å²) in [6.07, 6.45) is 5.57. The van der Waals surface area contributed by atoms with Gasteiger partial charge in [-0.25, -0.2) is 4.39 Å². The minimum Gasteiger partial charge on any atom is -0.493 e. The van der Waals surface area contributed by atoms with Crippen LogP contribution in [0.3, 0.4) is 0 Å². The maximum absolute atomic E-state index is 13.1. The molecule has 32 heavy (non-hydrogen) atoms. The van der Waals surface area contributed by atoms with Crippen LogP contribution in [0.4, 0.5) is 4.39 Å². The van der Waals surface area contributed by atoms with E-state index in [9.17, 15) is 14.0 Å². The first-order valence-electron chi connectivity index (χ1n) is 11.6. The van der Waals surface area contributed by atoms with Gasteiger partial charge in [0.25, 0.3) is 5.91 Å². The molecule has 2 amide bonds. The van der Waals surface area contributed by atoms with Gasteiger partial charge in [0.15, 0.2) is 0 Å². The summed E-state index contributed by atoms with van der Waals surface area (Å²) in [5.74, 6) is 0.795. The van der Waals surface area contributed by atoms with E-state index in [0.29, 0.717) is 24.5 Å². The number of halogens is 1. The molecular formula is C26H31FN2O3. The summed E-state index contributed by atoms with van der Waals surface area (Å²) in [7, 11) is 0. The van der Waals surface area contributed by atoms with Crippen LogP contribution in [-0.4, -0.2) is 54.4 Å². The summed E-state index contributed by atoms with van der Waals surface area (Å²) in [6, 6.07) is 13.5. The molecule has 0 bridgehead atoms. The number of rotatable bonds is 6. The zero-order valence-electron chi connectivity index (χ0n) is 18.5. The highest BCUT2D eigenvalue weighted by Gasteiger charge is 2.24. The fourth-order valence-electron chi connectivity index (χ4n) is 4.53. The molecule has 0 aromatic heterocycles. The normalized spacial score (nSPS) is 19.0. The highest BCUT2D eigenvalue weighted by atomic mass is 19.1. The maximum Gasteiger partial charge on any atom is 0.253 e.